The average Bonchev–Trinajstić information content (AvgIpc) is 2.45. The van der Waals surface area contributed by atoms with Crippen molar-refractivity contribution < 1.29 is 24.5 Å². The van der Waals surface area contributed by atoms with Crippen LogP contribution in [0.4, 0.5) is 0 Å². The smallest absolute Gasteiger partial charge is 0.306 e. The van der Waals surface area contributed by atoms with Crippen LogP contribution in [0.15, 0.2) is 28.7 Å². The third-order valence-corrected chi connectivity index (χ3v) is 3.57. The average molecular weight is 361 g/mol. The SMILES string of the molecule is COCCOCC(O)CC(Cc1ccc(Br)cc1)C(=O)O. The number of hydrogen-bond acceptors (Lipinski definition) is 4. The summed E-state index contributed by atoms with van der Waals surface area (Å²) >= 11 is 3.34. The Morgan fingerprint density at radius 1 is 1.29 bits per heavy atom. The summed E-state index contributed by atoms with van der Waals surface area (Å²) in [5.41, 5.74) is 0.929. The Hall–Kier alpha value is -0.950. The van der Waals surface area contributed by atoms with Crippen LogP contribution in [-0.2, 0) is 20.7 Å². The zero-order valence-electron chi connectivity index (χ0n) is 12.0. The molecule has 1 rings (SSSR count). The molecule has 1 aromatic carbocycles. The van der Waals surface area contributed by atoms with Gasteiger partial charge in [-0.1, -0.05) is 28.1 Å². The van der Waals surface area contributed by atoms with Gasteiger partial charge >= 0.3 is 5.97 Å². The molecule has 118 valence electrons. The molecule has 2 atom stereocenters. The quantitative estimate of drug-likeness (QED) is 0.625. The fraction of sp³-hybridized carbons (Fsp3) is 0.533. The predicted molar refractivity (Wildman–Crippen MR) is 82.3 cm³/mol. The molecule has 2 unspecified atom stereocenters. The number of halogens is 1. The fourth-order valence-electron chi connectivity index (χ4n) is 1.93. The van der Waals surface area contributed by atoms with Gasteiger partial charge in [-0.05, 0) is 30.5 Å². The number of carbonyl (C=O) groups is 1. The summed E-state index contributed by atoms with van der Waals surface area (Å²) in [7, 11) is 1.57. The van der Waals surface area contributed by atoms with Gasteiger partial charge in [-0.2, -0.15) is 0 Å². The maximum atomic E-state index is 11.3. The minimum absolute atomic E-state index is 0.119. The van der Waals surface area contributed by atoms with Crippen LogP contribution in [0.2, 0.25) is 0 Å². The van der Waals surface area contributed by atoms with Gasteiger partial charge in [0.25, 0.3) is 0 Å². The second kappa shape index (κ2) is 9.89. The first-order valence-corrected chi connectivity index (χ1v) is 7.54. The van der Waals surface area contributed by atoms with Crippen molar-refractivity contribution in [3.05, 3.63) is 34.3 Å². The van der Waals surface area contributed by atoms with Crippen molar-refractivity contribution in [3.8, 4) is 0 Å². The molecule has 0 saturated heterocycles. The molecule has 1 aromatic rings. The Morgan fingerprint density at radius 3 is 2.52 bits per heavy atom. The number of aliphatic hydroxyl groups excluding tert-OH is 1. The Bertz CT molecular complexity index is 421. The van der Waals surface area contributed by atoms with E-state index in [1.807, 2.05) is 24.3 Å². The zero-order chi connectivity index (χ0) is 15.7. The second-order valence-corrected chi connectivity index (χ2v) is 5.74. The molecule has 0 bridgehead atoms. The summed E-state index contributed by atoms with van der Waals surface area (Å²) < 4.78 is 11.0. The highest BCUT2D eigenvalue weighted by Crippen LogP contribution is 2.17. The normalized spacial score (nSPS) is 13.9. The molecular formula is C15H21BrO5. The Labute approximate surface area is 133 Å². The number of rotatable bonds is 10. The number of carboxylic acid groups (broad SMARTS) is 1. The predicted octanol–water partition coefficient (Wildman–Crippen LogP) is 2.11. The zero-order valence-corrected chi connectivity index (χ0v) is 13.6. The van der Waals surface area contributed by atoms with Gasteiger partial charge in [0.05, 0.1) is 31.8 Å². The van der Waals surface area contributed by atoms with E-state index in [0.717, 1.165) is 10.0 Å². The first-order valence-electron chi connectivity index (χ1n) is 6.75. The maximum Gasteiger partial charge on any atom is 0.306 e. The van der Waals surface area contributed by atoms with E-state index in [-0.39, 0.29) is 13.0 Å². The highest BCUT2D eigenvalue weighted by atomic mass is 79.9. The molecule has 0 aromatic heterocycles. The molecule has 6 heteroatoms. The van der Waals surface area contributed by atoms with Gasteiger partial charge < -0.3 is 19.7 Å². The van der Waals surface area contributed by atoms with E-state index in [1.54, 1.807) is 7.11 Å². The summed E-state index contributed by atoms with van der Waals surface area (Å²) in [6.45, 7) is 0.958. The largest absolute Gasteiger partial charge is 0.481 e. The van der Waals surface area contributed by atoms with Gasteiger partial charge in [0, 0.05) is 11.6 Å². The number of ether oxygens (including phenoxy) is 2. The van der Waals surface area contributed by atoms with Crippen molar-refractivity contribution in [2.24, 2.45) is 5.92 Å². The van der Waals surface area contributed by atoms with Crippen LogP contribution >= 0.6 is 15.9 Å². The van der Waals surface area contributed by atoms with Crippen molar-refractivity contribution in [1.82, 2.24) is 0 Å². The van der Waals surface area contributed by atoms with Crippen molar-refractivity contribution in [2.45, 2.75) is 18.9 Å². The van der Waals surface area contributed by atoms with Crippen molar-refractivity contribution >= 4 is 21.9 Å². The third-order valence-electron chi connectivity index (χ3n) is 3.04. The summed E-state index contributed by atoms with van der Waals surface area (Å²) in [6.07, 6.45) is -0.241. The lowest BCUT2D eigenvalue weighted by molar-refractivity contribution is -0.143. The molecular weight excluding hydrogens is 340 g/mol. The first-order chi connectivity index (χ1) is 10.0. The van der Waals surface area contributed by atoms with Crippen molar-refractivity contribution in [2.75, 3.05) is 26.9 Å². The molecule has 0 fully saturated rings. The van der Waals surface area contributed by atoms with E-state index in [0.29, 0.717) is 19.6 Å². The molecule has 0 aliphatic heterocycles. The lowest BCUT2D eigenvalue weighted by Gasteiger charge is -2.17. The molecule has 2 N–H and O–H groups in total. The molecule has 5 nitrogen and oxygen atoms in total. The number of benzene rings is 1. The number of aliphatic carboxylic acids is 1. The number of hydrogen-bond donors (Lipinski definition) is 2. The van der Waals surface area contributed by atoms with Crippen LogP contribution < -0.4 is 0 Å². The van der Waals surface area contributed by atoms with Crippen LogP contribution in [0.1, 0.15) is 12.0 Å². The van der Waals surface area contributed by atoms with Gasteiger partial charge in [0.2, 0.25) is 0 Å². The van der Waals surface area contributed by atoms with E-state index >= 15 is 0 Å². The van der Waals surface area contributed by atoms with Gasteiger partial charge in [0.1, 0.15) is 0 Å². The number of methoxy groups -OCH3 is 1. The van der Waals surface area contributed by atoms with Crippen LogP contribution in [0.25, 0.3) is 0 Å². The molecule has 0 aliphatic carbocycles. The van der Waals surface area contributed by atoms with Gasteiger partial charge in [-0.15, -0.1) is 0 Å². The lowest BCUT2D eigenvalue weighted by atomic mass is 9.94. The Balaban J connectivity index is 2.45. The number of carboxylic acids is 1. The van der Waals surface area contributed by atoms with E-state index < -0.39 is 18.0 Å². The van der Waals surface area contributed by atoms with Crippen molar-refractivity contribution in [1.29, 1.82) is 0 Å². The summed E-state index contributed by atoms with van der Waals surface area (Å²) in [5, 5.41) is 19.1. The molecule has 0 heterocycles. The third kappa shape index (κ3) is 7.57. The fourth-order valence-corrected chi connectivity index (χ4v) is 2.20. The molecule has 0 radical (unpaired) electrons. The minimum Gasteiger partial charge on any atom is -0.481 e. The van der Waals surface area contributed by atoms with E-state index in [1.165, 1.54) is 0 Å². The summed E-state index contributed by atoms with van der Waals surface area (Å²) in [5.74, 6) is -1.54. The van der Waals surface area contributed by atoms with Crippen molar-refractivity contribution in [3.63, 3.8) is 0 Å². The monoisotopic (exact) mass is 360 g/mol. The highest BCUT2D eigenvalue weighted by Gasteiger charge is 2.22. The molecule has 0 aliphatic rings. The highest BCUT2D eigenvalue weighted by molar-refractivity contribution is 9.10. The Morgan fingerprint density at radius 2 is 1.95 bits per heavy atom. The number of aliphatic hydroxyl groups is 1. The van der Waals surface area contributed by atoms with Crippen LogP contribution in [0.3, 0.4) is 0 Å². The topological polar surface area (TPSA) is 76.0 Å². The minimum atomic E-state index is -0.908. The molecule has 0 saturated carbocycles. The first kappa shape index (κ1) is 18.1. The van der Waals surface area contributed by atoms with Gasteiger partial charge in [-0.25, -0.2) is 0 Å². The summed E-state index contributed by atoms with van der Waals surface area (Å²) in [4.78, 5) is 11.3. The van der Waals surface area contributed by atoms with Crippen LogP contribution in [0, 0.1) is 5.92 Å². The van der Waals surface area contributed by atoms with E-state index in [2.05, 4.69) is 15.9 Å². The maximum absolute atomic E-state index is 11.3. The molecule has 0 spiro atoms. The van der Waals surface area contributed by atoms with Gasteiger partial charge in [0.15, 0.2) is 0 Å². The summed E-state index contributed by atoms with van der Waals surface area (Å²) in [6, 6.07) is 7.50. The van der Waals surface area contributed by atoms with E-state index in [9.17, 15) is 15.0 Å². The second-order valence-electron chi connectivity index (χ2n) is 4.82. The molecule has 0 amide bonds. The lowest BCUT2D eigenvalue weighted by Crippen LogP contribution is -2.26. The van der Waals surface area contributed by atoms with Gasteiger partial charge in [-0.3, -0.25) is 4.79 Å². The van der Waals surface area contributed by atoms with Crippen LogP contribution in [-0.4, -0.2) is 49.2 Å². The van der Waals surface area contributed by atoms with E-state index in [4.69, 9.17) is 9.47 Å². The standard InChI is InChI=1S/C15H21BrO5/c1-20-6-7-21-10-14(17)9-12(15(18)19)8-11-2-4-13(16)5-3-11/h2-5,12,14,17H,6-10H2,1H3,(H,18,19). The van der Waals surface area contributed by atoms with Crippen LogP contribution in [0.5, 0.6) is 0 Å². The molecule has 21 heavy (non-hydrogen) atoms. The Kier molecular flexibility index (Phi) is 8.52.